The first kappa shape index (κ1) is 24.7. The van der Waals surface area contributed by atoms with Crippen molar-refractivity contribution in [1.82, 2.24) is 0 Å². The number of hydrogen-bond donors (Lipinski definition) is 3. The predicted octanol–water partition coefficient (Wildman–Crippen LogP) is 1.26. The first-order valence-electron chi connectivity index (χ1n) is 4.33. The van der Waals surface area contributed by atoms with E-state index in [9.17, 15) is 0 Å². The van der Waals surface area contributed by atoms with Crippen molar-refractivity contribution in [3.63, 3.8) is 0 Å². The quantitative estimate of drug-likeness (QED) is 0.405. The van der Waals surface area contributed by atoms with Crippen molar-refractivity contribution in [2.24, 2.45) is 0 Å². The molecule has 0 aliphatic carbocycles. The molecule has 0 aliphatic rings. The van der Waals surface area contributed by atoms with Crippen LogP contribution in [-0.2, 0) is 21.7 Å². The van der Waals surface area contributed by atoms with Crippen LogP contribution in [0.25, 0.3) is 0 Å². The molecule has 1 aromatic carbocycles. The van der Waals surface area contributed by atoms with Gasteiger partial charge in [-0.2, -0.15) is 36.4 Å². The molecule has 0 amide bonds. The molecular weight excluding hydrogens is 240 g/mol. The van der Waals surface area contributed by atoms with Gasteiger partial charge in [-0.05, 0) is 6.92 Å². The molecule has 0 radical (unpaired) electrons. The Labute approximate surface area is 113 Å². The van der Waals surface area contributed by atoms with Gasteiger partial charge in [0.25, 0.3) is 0 Å². The predicted molar refractivity (Wildman–Crippen MR) is 63.5 cm³/mol. The normalized spacial score (nSPS) is 6.12. The monoisotopic (exact) mass is 261 g/mol. The van der Waals surface area contributed by atoms with Gasteiger partial charge in [0.2, 0.25) is 0 Å². The standard InChI is InChI=1S/C6H5.C4H8O.2CH4O.Ti/c1-2-4-6-5-3-1;1-4(2)3-5;2*1-2;/h1-5H;5H,1,3H2,2H3;2*2H,1H3;/q-1;;;;. The van der Waals surface area contributed by atoms with Crippen LogP contribution in [0.4, 0.5) is 0 Å². The van der Waals surface area contributed by atoms with Crippen LogP contribution in [0, 0.1) is 6.07 Å². The molecule has 0 aliphatic heterocycles. The van der Waals surface area contributed by atoms with Crippen molar-refractivity contribution in [1.29, 1.82) is 0 Å². The second-order valence-corrected chi connectivity index (χ2v) is 2.19. The van der Waals surface area contributed by atoms with Crippen molar-refractivity contribution in [3.8, 4) is 0 Å². The largest absolute Gasteiger partial charge is 0.400 e. The summed E-state index contributed by atoms with van der Waals surface area (Å²) in [6.45, 7) is 5.31. The van der Waals surface area contributed by atoms with Crippen LogP contribution in [0.3, 0.4) is 0 Å². The van der Waals surface area contributed by atoms with Crippen molar-refractivity contribution in [3.05, 3.63) is 48.6 Å². The average Bonchev–Trinajstić information content (AvgIpc) is 2.37. The summed E-state index contributed by atoms with van der Waals surface area (Å²) in [7, 11) is 2.00. The molecule has 0 heterocycles. The van der Waals surface area contributed by atoms with Crippen LogP contribution < -0.4 is 0 Å². The smallest absolute Gasteiger partial charge is 0.0636 e. The van der Waals surface area contributed by atoms with Crippen LogP contribution in [0.1, 0.15) is 6.92 Å². The van der Waals surface area contributed by atoms with E-state index in [-0.39, 0.29) is 28.3 Å². The molecule has 0 unspecified atom stereocenters. The second-order valence-electron chi connectivity index (χ2n) is 2.19. The van der Waals surface area contributed by atoms with E-state index in [0.717, 1.165) is 19.8 Å². The zero-order valence-electron chi connectivity index (χ0n) is 10.1. The maximum absolute atomic E-state index is 8.04. The van der Waals surface area contributed by atoms with Crippen molar-refractivity contribution < 1.29 is 37.0 Å². The van der Waals surface area contributed by atoms with Gasteiger partial charge in [-0.25, -0.2) is 0 Å². The molecule has 0 atom stereocenters. The van der Waals surface area contributed by atoms with Crippen molar-refractivity contribution in [2.75, 3.05) is 20.8 Å². The summed E-state index contributed by atoms with van der Waals surface area (Å²) in [6, 6.07) is 12.5. The summed E-state index contributed by atoms with van der Waals surface area (Å²) >= 11 is 0. The molecule has 16 heavy (non-hydrogen) atoms. The van der Waals surface area contributed by atoms with Crippen molar-refractivity contribution in [2.45, 2.75) is 6.92 Å². The van der Waals surface area contributed by atoms with E-state index >= 15 is 0 Å². The van der Waals surface area contributed by atoms with E-state index < -0.39 is 0 Å². The Balaban J connectivity index is -0.0000000664. The molecule has 0 saturated heterocycles. The maximum atomic E-state index is 8.04. The fraction of sp³-hybridized carbons (Fsp3) is 0.333. The molecule has 0 bridgehead atoms. The molecule has 1 aromatic rings. The third-order valence-electron chi connectivity index (χ3n) is 0.877. The third-order valence-corrected chi connectivity index (χ3v) is 0.877. The number of rotatable bonds is 1. The minimum Gasteiger partial charge on any atom is -0.400 e. The van der Waals surface area contributed by atoms with E-state index in [4.69, 9.17) is 15.3 Å². The van der Waals surface area contributed by atoms with Crippen LogP contribution in [0.2, 0.25) is 0 Å². The molecule has 0 aromatic heterocycles. The Morgan fingerprint density at radius 3 is 1.44 bits per heavy atom. The number of hydrogen-bond acceptors (Lipinski definition) is 3. The molecular formula is C12H21O3Ti-. The summed E-state index contributed by atoms with van der Waals surface area (Å²) in [5.41, 5.74) is 0.810. The Morgan fingerprint density at radius 1 is 1.06 bits per heavy atom. The molecule has 0 spiro atoms. The molecule has 4 heteroatoms. The summed E-state index contributed by atoms with van der Waals surface area (Å²) in [5, 5.41) is 22.0. The summed E-state index contributed by atoms with van der Waals surface area (Å²) in [6.07, 6.45) is 0. The van der Waals surface area contributed by atoms with Crippen LogP contribution in [0.15, 0.2) is 42.5 Å². The Kier molecular flexibility index (Phi) is 45.2. The van der Waals surface area contributed by atoms with Gasteiger partial charge in [-0.3, -0.25) is 0 Å². The topological polar surface area (TPSA) is 60.7 Å². The van der Waals surface area contributed by atoms with Gasteiger partial charge in [0.15, 0.2) is 0 Å². The van der Waals surface area contributed by atoms with Crippen LogP contribution in [0.5, 0.6) is 0 Å². The van der Waals surface area contributed by atoms with Crippen LogP contribution in [-0.4, -0.2) is 36.1 Å². The summed E-state index contributed by atoms with van der Waals surface area (Å²) in [5.74, 6) is 0. The number of aliphatic hydroxyl groups is 3. The number of aliphatic hydroxyl groups excluding tert-OH is 3. The van der Waals surface area contributed by atoms with Crippen LogP contribution >= 0.6 is 0 Å². The second kappa shape index (κ2) is 29.3. The molecule has 0 fully saturated rings. The third kappa shape index (κ3) is 37.4. The van der Waals surface area contributed by atoms with E-state index in [0.29, 0.717) is 0 Å². The molecule has 3 nitrogen and oxygen atoms in total. The zero-order chi connectivity index (χ0) is 12.5. The van der Waals surface area contributed by atoms with Gasteiger partial charge < -0.3 is 15.3 Å². The summed E-state index contributed by atoms with van der Waals surface area (Å²) in [4.78, 5) is 0. The number of benzene rings is 1. The summed E-state index contributed by atoms with van der Waals surface area (Å²) < 4.78 is 0. The van der Waals surface area contributed by atoms with Gasteiger partial charge in [0, 0.05) is 35.9 Å². The first-order valence-corrected chi connectivity index (χ1v) is 4.33. The average molecular weight is 261 g/mol. The van der Waals surface area contributed by atoms with Gasteiger partial charge in [-0.15, -0.1) is 0 Å². The zero-order valence-corrected chi connectivity index (χ0v) is 11.7. The Bertz CT molecular complexity index is 164. The minimum absolute atomic E-state index is 0. The fourth-order valence-corrected chi connectivity index (χ4v) is 0.342. The van der Waals surface area contributed by atoms with Gasteiger partial charge in [-0.1, -0.05) is 12.2 Å². The van der Waals surface area contributed by atoms with Gasteiger partial charge >= 0.3 is 0 Å². The Morgan fingerprint density at radius 2 is 1.38 bits per heavy atom. The van der Waals surface area contributed by atoms with E-state index in [2.05, 4.69) is 12.6 Å². The van der Waals surface area contributed by atoms with E-state index in [1.807, 2.05) is 30.3 Å². The molecule has 1 rings (SSSR count). The molecule has 0 saturated carbocycles. The molecule has 92 valence electrons. The Hall–Kier alpha value is -0.446. The maximum Gasteiger partial charge on any atom is 0.0636 e. The fourth-order valence-electron chi connectivity index (χ4n) is 0.342. The van der Waals surface area contributed by atoms with Gasteiger partial charge in [0.1, 0.15) is 0 Å². The van der Waals surface area contributed by atoms with Gasteiger partial charge in [0.05, 0.1) is 6.61 Å². The SMILES string of the molecule is C=C(C)CO.CO.CO.[Ti].[c-]1ccccc1. The minimum atomic E-state index is 0. The van der Waals surface area contributed by atoms with Crippen molar-refractivity contribution >= 4 is 0 Å². The van der Waals surface area contributed by atoms with E-state index in [1.54, 1.807) is 6.92 Å². The van der Waals surface area contributed by atoms with E-state index in [1.165, 1.54) is 0 Å². The molecule has 3 N–H and O–H groups in total. The first-order chi connectivity index (χ1) is 7.27.